The van der Waals surface area contributed by atoms with Crippen molar-refractivity contribution < 1.29 is 18.3 Å². The summed E-state index contributed by atoms with van der Waals surface area (Å²) in [5.41, 5.74) is 3.23. The third-order valence-corrected chi connectivity index (χ3v) is 7.75. The van der Waals surface area contributed by atoms with Crippen LogP contribution in [0.15, 0.2) is 65.1 Å². The van der Waals surface area contributed by atoms with Crippen molar-refractivity contribution in [3.8, 4) is 11.8 Å². The monoisotopic (exact) mass is 465 g/mol. The number of benzene rings is 1. The highest BCUT2D eigenvalue weighted by atomic mass is 32.2. The summed E-state index contributed by atoms with van der Waals surface area (Å²) in [7, 11) is -4.03. The average molecular weight is 466 g/mol. The Balaban J connectivity index is 1.52. The minimum atomic E-state index is -4.03. The topological polar surface area (TPSA) is 112 Å². The van der Waals surface area contributed by atoms with Crippen LogP contribution in [0.1, 0.15) is 21.6 Å². The molecule has 0 saturated carbocycles. The molecule has 32 heavy (non-hydrogen) atoms. The first-order valence-corrected chi connectivity index (χ1v) is 12.0. The molecule has 0 radical (unpaired) electrons. The maximum atomic E-state index is 12.8. The van der Waals surface area contributed by atoms with E-state index in [-0.39, 0.29) is 10.6 Å². The van der Waals surface area contributed by atoms with Gasteiger partial charge in [-0.1, -0.05) is 29.5 Å². The molecule has 162 valence electrons. The molecule has 0 fully saturated rings. The highest BCUT2D eigenvalue weighted by Gasteiger charge is 2.27. The predicted molar refractivity (Wildman–Crippen MR) is 123 cm³/mol. The molecular formula is C23H19N3O4S2. The Kier molecular flexibility index (Phi) is 6.10. The first kappa shape index (κ1) is 21.8. The van der Waals surface area contributed by atoms with E-state index < -0.39 is 22.0 Å². The van der Waals surface area contributed by atoms with Gasteiger partial charge < -0.3 is 10.1 Å². The highest BCUT2D eigenvalue weighted by Crippen LogP contribution is 2.23. The van der Waals surface area contributed by atoms with Gasteiger partial charge in [0, 0.05) is 29.8 Å². The van der Waals surface area contributed by atoms with Crippen LogP contribution in [-0.2, 0) is 21.2 Å². The van der Waals surface area contributed by atoms with E-state index in [4.69, 9.17) is 0 Å². The summed E-state index contributed by atoms with van der Waals surface area (Å²) in [6, 6.07) is 13.0. The molecule has 1 atom stereocenters. The van der Waals surface area contributed by atoms with Crippen LogP contribution in [0.25, 0.3) is 11.0 Å². The van der Waals surface area contributed by atoms with Crippen LogP contribution >= 0.6 is 11.3 Å². The van der Waals surface area contributed by atoms with Crippen LogP contribution in [-0.4, -0.2) is 35.5 Å². The molecule has 3 heterocycles. The summed E-state index contributed by atoms with van der Waals surface area (Å²) >= 11 is 0.993. The lowest BCUT2D eigenvalue weighted by molar-refractivity contribution is -0.138. The van der Waals surface area contributed by atoms with Crippen LogP contribution < -0.4 is 4.72 Å². The number of thiophene rings is 1. The fraction of sp³-hybridized carbons (Fsp3) is 0.130. The zero-order valence-corrected chi connectivity index (χ0v) is 18.6. The molecule has 9 heteroatoms. The van der Waals surface area contributed by atoms with Gasteiger partial charge in [-0.2, -0.15) is 4.72 Å². The molecule has 7 nitrogen and oxygen atoms in total. The van der Waals surface area contributed by atoms with Gasteiger partial charge >= 0.3 is 5.97 Å². The fourth-order valence-corrected chi connectivity index (χ4v) is 5.49. The van der Waals surface area contributed by atoms with Crippen LogP contribution in [0, 0.1) is 18.8 Å². The number of fused-ring (bicyclic) bond motifs is 1. The van der Waals surface area contributed by atoms with Gasteiger partial charge in [0.1, 0.15) is 15.9 Å². The van der Waals surface area contributed by atoms with Crippen molar-refractivity contribution in [3.05, 3.63) is 82.5 Å². The van der Waals surface area contributed by atoms with E-state index in [1.54, 1.807) is 30.6 Å². The Morgan fingerprint density at radius 2 is 1.97 bits per heavy atom. The van der Waals surface area contributed by atoms with E-state index in [1.165, 1.54) is 6.07 Å². The smallest absolute Gasteiger partial charge is 0.322 e. The summed E-state index contributed by atoms with van der Waals surface area (Å²) in [4.78, 5) is 19.5. The number of H-pyrrole nitrogens is 1. The number of nitrogens with zero attached hydrogens (tertiary/aromatic N) is 1. The van der Waals surface area contributed by atoms with Crippen LogP contribution in [0.5, 0.6) is 0 Å². The molecule has 0 spiro atoms. The first-order valence-electron chi connectivity index (χ1n) is 9.66. The maximum absolute atomic E-state index is 12.8. The minimum Gasteiger partial charge on any atom is -0.480 e. The number of rotatable bonds is 6. The van der Waals surface area contributed by atoms with Gasteiger partial charge in [0.05, 0.1) is 4.88 Å². The van der Waals surface area contributed by atoms with Gasteiger partial charge in [-0.25, -0.2) is 13.4 Å². The number of nitrogens with one attached hydrogen (secondary N) is 2. The quantitative estimate of drug-likeness (QED) is 0.378. The Morgan fingerprint density at radius 1 is 1.19 bits per heavy atom. The van der Waals surface area contributed by atoms with Gasteiger partial charge in [0.25, 0.3) is 10.0 Å². The number of hydrogen-bond acceptors (Lipinski definition) is 5. The Morgan fingerprint density at radius 3 is 2.72 bits per heavy atom. The molecular weight excluding hydrogens is 446 g/mol. The van der Waals surface area contributed by atoms with E-state index in [1.807, 2.05) is 31.2 Å². The molecule has 0 amide bonds. The lowest BCUT2D eigenvalue weighted by atomic mass is 10.1. The van der Waals surface area contributed by atoms with E-state index in [2.05, 4.69) is 26.5 Å². The number of hydrogen-bond donors (Lipinski definition) is 3. The number of aromatic nitrogens is 2. The number of sulfonamides is 1. The van der Waals surface area contributed by atoms with Gasteiger partial charge in [0.15, 0.2) is 0 Å². The van der Waals surface area contributed by atoms with E-state index >= 15 is 0 Å². The predicted octanol–water partition coefficient (Wildman–Crippen LogP) is 3.31. The molecule has 4 rings (SSSR count). The Labute approximate surface area is 189 Å². The molecule has 0 unspecified atom stereocenters. The van der Waals surface area contributed by atoms with Crippen molar-refractivity contribution in [1.29, 1.82) is 0 Å². The molecule has 3 N–H and O–H groups in total. The van der Waals surface area contributed by atoms with Gasteiger partial charge in [0.2, 0.25) is 0 Å². The maximum Gasteiger partial charge on any atom is 0.322 e. The van der Waals surface area contributed by atoms with Crippen molar-refractivity contribution in [1.82, 2.24) is 14.7 Å². The molecule has 4 aromatic rings. The summed E-state index contributed by atoms with van der Waals surface area (Å²) in [5, 5.41) is 10.4. The van der Waals surface area contributed by atoms with Crippen molar-refractivity contribution >= 4 is 38.4 Å². The van der Waals surface area contributed by atoms with Crippen LogP contribution in [0.4, 0.5) is 0 Å². The zero-order valence-electron chi connectivity index (χ0n) is 17.0. The SMILES string of the molecule is Cc1ccc(C#Cc2ccc(S(=O)(=O)N[C@H](Cc3c[nH]c4ncccc34)C(=O)O)s2)cc1. The van der Waals surface area contributed by atoms with Crippen molar-refractivity contribution in [2.45, 2.75) is 23.6 Å². The van der Waals surface area contributed by atoms with E-state index in [9.17, 15) is 18.3 Å². The molecule has 0 saturated heterocycles. The van der Waals surface area contributed by atoms with Gasteiger partial charge in [-0.05, 0) is 48.9 Å². The number of carboxylic acid groups (broad SMARTS) is 1. The Bertz CT molecular complexity index is 1440. The van der Waals surface area contributed by atoms with Crippen molar-refractivity contribution in [2.75, 3.05) is 0 Å². The third kappa shape index (κ3) is 4.89. The average Bonchev–Trinajstić information content (AvgIpc) is 3.41. The lowest BCUT2D eigenvalue weighted by Crippen LogP contribution is -2.41. The van der Waals surface area contributed by atoms with Gasteiger partial charge in [-0.15, -0.1) is 11.3 Å². The number of aromatic amines is 1. The normalized spacial score (nSPS) is 12.3. The Hall–Kier alpha value is -3.45. The van der Waals surface area contributed by atoms with Crippen molar-refractivity contribution in [3.63, 3.8) is 0 Å². The third-order valence-electron chi connectivity index (χ3n) is 4.78. The van der Waals surface area contributed by atoms with Crippen LogP contribution in [0.3, 0.4) is 0 Å². The second-order valence-electron chi connectivity index (χ2n) is 7.16. The summed E-state index contributed by atoms with van der Waals surface area (Å²) in [6.45, 7) is 1.99. The molecule has 1 aromatic carbocycles. The number of carboxylic acids is 1. The number of carbonyl (C=O) groups is 1. The number of aryl methyl sites for hydroxylation is 1. The number of aliphatic carboxylic acids is 1. The van der Waals surface area contributed by atoms with Crippen LogP contribution in [0.2, 0.25) is 0 Å². The van der Waals surface area contributed by atoms with E-state index in [0.29, 0.717) is 16.1 Å². The lowest BCUT2D eigenvalue weighted by Gasteiger charge is -2.13. The van der Waals surface area contributed by atoms with Gasteiger partial charge in [-0.3, -0.25) is 4.79 Å². The highest BCUT2D eigenvalue weighted by molar-refractivity contribution is 7.91. The van der Waals surface area contributed by atoms with Crippen molar-refractivity contribution in [2.24, 2.45) is 0 Å². The molecule has 0 aliphatic heterocycles. The molecule has 0 aliphatic rings. The standard InChI is InChI=1S/C23H19N3O4S2/c1-15-4-6-16(7-5-15)8-9-18-10-11-21(31-18)32(29,30)26-20(23(27)28)13-17-14-25-22-19(17)3-2-12-24-22/h2-7,10-12,14,20,26H,13H2,1H3,(H,24,25)(H,27,28)/t20-/m1/s1. The summed E-state index contributed by atoms with van der Waals surface area (Å²) in [5.74, 6) is 4.69. The second kappa shape index (κ2) is 8.96. The molecule has 0 aliphatic carbocycles. The molecule has 0 bridgehead atoms. The number of pyridine rings is 1. The van der Waals surface area contributed by atoms with E-state index in [0.717, 1.165) is 27.8 Å². The minimum absolute atomic E-state index is 0.0116. The summed E-state index contributed by atoms with van der Waals surface area (Å²) in [6.07, 6.45) is 3.24. The molecule has 3 aromatic heterocycles. The zero-order chi connectivity index (χ0) is 22.7. The first-order chi connectivity index (χ1) is 15.3. The summed E-state index contributed by atoms with van der Waals surface area (Å²) < 4.78 is 28.0. The second-order valence-corrected chi connectivity index (χ2v) is 10.2. The fourth-order valence-electron chi connectivity index (χ4n) is 3.13. The largest absolute Gasteiger partial charge is 0.480 e.